The second-order valence-electron chi connectivity index (χ2n) is 7.49. The van der Waals surface area contributed by atoms with Gasteiger partial charge in [-0.25, -0.2) is 13.2 Å². The van der Waals surface area contributed by atoms with Crippen LogP contribution in [0.1, 0.15) is 60.8 Å². The topological polar surface area (TPSA) is 0 Å². The number of halogens is 3. The van der Waals surface area contributed by atoms with Gasteiger partial charge in [0.1, 0.15) is 0 Å². The van der Waals surface area contributed by atoms with Crippen molar-refractivity contribution in [2.45, 2.75) is 44.9 Å². The van der Waals surface area contributed by atoms with Gasteiger partial charge < -0.3 is 0 Å². The van der Waals surface area contributed by atoms with Gasteiger partial charge in [0, 0.05) is 11.1 Å². The summed E-state index contributed by atoms with van der Waals surface area (Å²) in [5.74, 6) is 2.26. The van der Waals surface area contributed by atoms with Gasteiger partial charge in [-0.1, -0.05) is 61.6 Å². The van der Waals surface area contributed by atoms with Gasteiger partial charge in [0.15, 0.2) is 17.5 Å². The highest BCUT2D eigenvalue weighted by atomic mass is 19.2. The predicted molar refractivity (Wildman–Crippen MR) is 126 cm³/mol. The molecule has 0 aromatic heterocycles. The van der Waals surface area contributed by atoms with E-state index in [0.29, 0.717) is 5.92 Å². The molecule has 0 N–H and O–H groups in total. The molecule has 32 heavy (non-hydrogen) atoms. The fraction of sp³-hybridized carbons (Fsp3) is 0.241. The van der Waals surface area contributed by atoms with Crippen molar-refractivity contribution < 1.29 is 13.2 Å². The molecule has 1 aliphatic carbocycles. The molecule has 0 radical (unpaired) electrons. The number of hydrogen-bond acceptors (Lipinski definition) is 0. The van der Waals surface area contributed by atoms with Crippen molar-refractivity contribution in [3.05, 3.63) is 106 Å². The molecule has 1 fully saturated rings. The standard InChI is InChI=1S/C13H10.C10H14.C6H3F3/c1-3-10-5-6-11(4-2)13(9-10)12-7-8-12;1-2-3-7-10-8-5-4-6-9-10;7-4-2-1-3-5(8)6(4)9/h1-2,5-6,9,12H,7-8H2;4-6,8-9H,2-3,7H2,1H3;1-3H. The predicted octanol–water partition coefficient (Wildman–Crippen LogP) is 7.66. The van der Waals surface area contributed by atoms with E-state index in [9.17, 15) is 13.2 Å². The van der Waals surface area contributed by atoms with E-state index in [1.54, 1.807) is 0 Å². The van der Waals surface area contributed by atoms with Crippen LogP contribution in [-0.4, -0.2) is 0 Å². The molecule has 4 rings (SSSR count). The Bertz CT molecular complexity index is 1050. The van der Waals surface area contributed by atoms with Crippen LogP contribution in [0.25, 0.3) is 0 Å². The maximum atomic E-state index is 12.0. The minimum atomic E-state index is -1.42. The minimum absolute atomic E-state index is 0.666. The third kappa shape index (κ3) is 8.01. The van der Waals surface area contributed by atoms with E-state index in [2.05, 4.69) is 49.1 Å². The van der Waals surface area contributed by atoms with E-state index >= 15 is 0 Å². The van der Waals surface area contributed by atoms with Crippen LogP contribution in [0.5, 0.6) is 0 Å². The molecule has 3 aromatic rings. The summed E-state index contributed by atoms with van der Waals surface area (Å²) in [6.07, 6.45) is 17.1. The van der Waals surface area contributed by atoms with Crippen LogP contribution in [-0.2, 0) is 6.42 Å². The Morgan fingerprint density at radius 3 is 2.00 bits per heavy atom. The van der Waals surface area contributed by atoms with E-state index in [-0.39, 0.29) is 0 Å². The van der Waals surface area contributed by atoms with Crippen LogP contribution in [0, 0.1) is 42.1 Å². The maximum Gasteiger partial charge on any atom is 0.194 e. The molecule has 0 unspecified atom stereocenters. The van der Waals surface area contributed by atoms with E-state index < -0.39 is 17.5 Å². The number of terminal acetylenes is 2. The SMILES string of the molecule is C#Cc1ccc(C#C)c(C2CC2)c1.CCCCc1ccccc1.Fc1cccc(F)c1F. The van der Waals surface area contributed by atoms with Gasteiger partial charge in [-0.15, -0.1) is 12.8 Å². The van der Waals surface area contributed by atoms with Crippen LogP contribution in [0.4, 0.5) is 13.2 Å². The van der Waals surface area contributed by atoms with Crippen LogP contribution in [0.15, 0.2) is 66.7 Å². The number of rotatable bonds is 4. The zero-order valence-electron chi connectivity index (χ0n) is 18.3. The van der Waals surface area contributed by atoms with Gasteiger partial charge in [0.2, 0.25) is 0 Å². The lowest BCUT2D eigenvalue weighted by Crippen LogP contribution is -1.88. The first-order valence-electron chi connectivity index (χ1n) is 10.7. The van der Waals surface area contributed by atoms with Gasteiger partial charge in [0.25, 0.3) is 0 Å². The average Bonchev–Trinajstić information content (AvgIpc) is 3.68. The summed E-state index contributed by atoms with van der Waals surface area (Å²) in [6.45, 7) is 2.23. The van der Waals surface area contributed by atoms with Crippen molar-refractivity contribution >= 4 is 0 Å². The molecule has 0 saturated heterocycles. The number of unbranched alkanes of at least 4 members (excludes halogenated alkanes) is 1. The number of benzene rings is 3. The smallest absolute Gasteiger partial charge is 0.194 e. The van der Waals surface area contributed by atoms with Gasteiger partial charge in [-0.2, -0.15) is 0 Å². The highest BCUT2D eigenvalue weighted by Gasteiger charge is 2.25. The Hall–Kier alpha value is -3.43. The molecule has 0 spiro atoms. The van der Waals surface area contributed by atoms with E-state index in [1.165, 1.54) is 43.2 Å². The second kappa shape index (κ2) is 13.1. The highest BCUT2D eigenvalue weighted by molar-refractivity contribution is 5.49. The first-order chi connectivity index (χ1) is 15.5. The molecule has 0 atom stereocenters. The lowest BCUT2D eigenvalue weighted by atomic mass is 10.0. The van der Waals surface area contributed by atoms with E-state index in [1.807, 2.05) is 18.2 Å². The lowest BCUT2D eigenvalue weighted by Gasteiger charge is -2.02. The average molecular weight is 433 g/mol. The first kappa shape index (κ1) is 24.8. The van der Waals surface area contributed by atoms with Crippen molar-refractivity contribution in [1.29, 1.82) is 0 Å². The summed E-state index contributed by atoms with van der Waals surface area (Å²) in [4.78, 5) is 0. The van der Waals surface area contributed by atoms with Crippen LogP contribution >= 0.6 is 0 Å². The van der Waals surface area contributed by atoms with Crippen molar-refractivity contribution in [2.75, 3.05) is 0 Å². The van der Waals surface area contributed by atoms with Gasteiger partial charge in [0.05, 0.1) is 0 Å². The first-order valence-corrected chi connectivity index (χ1v) is 10.7. The number of aryl methyl sites for hydroxylation is 1. The summed E-state index contributed by atoms with van der Waals surface area (Å²) in [5.41, 5.74) is 4.66. The van der Waals surface area contributed by atoms with Gasteiger partial charge in [-0.05, 0) is 73.1 Å². The van der Waals surface area contributed by atoms with Crippen LogP contribution < -0.4 is 0 Å². The second-order valence-corrected chi connectivity index (χ2v) is 7.49. The Morgan fingerprint density at radius 1 is 0.844 bits per heavy atom. The fourth-order valence-corrected chi connectivity index (χ4v) is 3.02. The Balaban J connectivity index is 0.000000174. The largest absolute Gasteiger partial charge is 0.204 e. The minimum Gasteiger partial charge on any atom is -0.204 e. The summed E-state index contributed by atoms with van der Waals surface area (Å²) in [6, 6.07) is 19.4. The highest BCUT2D eigenvalue weighted by Crippen LogP contribution is 2.41. The van der Waals surface area contributed by atoms with Crippen molar-refractivity contribution in [3.8, 4) is 24.7 Å². The van der Waals surface area contributed by atoms with E-state index in [0.717, 1.165) is 29.3 Å². The monoisotopic (exact) mass is 432 g/mol. The Morgan fingerprint density at radius 2 is 1.50 bits per heavy atom. The zero-order valence-corrected chi connectivity index (χ0v) is 18.3. The normalized spacial score (nSPS) is 11.7. The molecule has 0 aliphatic heterocycles. The van der Waals surface area contributed by atoms with Crippen molar-refractivity contribution in [3.63, 3.8) is 0 Å². The van der Waals surface area contributed by atoms with Crippen molar-refractivity contribution in [2.24, 2.45) is 0 Å². The lowest BCUT2D eigenvalue weighted by molar-refractivity contribution is 0.447. The van der Waals surface area contributed by atoms with Gasteiger partial charge >= 0.3 is 0 Å². The third-order valence-corrected chi connectivity index (χ3v) is 4.96. The van der Waals surface area contributed by atoms with Crippen LogP contribution in [0.2, 0.25) is 0 Å². The number of hydrogen-bond donors (Lipinski definition) is 0. The summed E-state index contributed by atoms with van der Waals surface area (Å²) < 4.78 is 35.9. The molecule has 3 heteroatoms. The molecule has 0 heterocycles. The third-order valence-electron chi connectivity index (χ3n) is 4.96. The molecule has 164 valence electrons. The van der Waals surface area contributed by atoms with Crippen LogP contribution in [0.3, 0.4) is 0 Å². The fourth-order valence-electron chi connectivity index (χ4n) is 3.02. The molecule has 0 nitrogen and oxygen atoms in total. The molecule has 0 amide bonds. The maximum absolute atomic E-state index is 12.0. The Labute approximate surface area is 189 Å². The molecule has 1 aliphatic rings. The zero-order chi connectivity index (χ0) is 23.3. The van der Waals surface area contributed by atoms with Crippen molar-refractivity contribution in [1.82, 2.24) is 0 Å². The molecular weight excluding hydrogens is 405 g/mol. The molecular formula is C29H27F3. The van der Waals surface area contributed by atoms with E-state index in [4.69, 9.17) is 12.8 Å². The van der Waals surface area contributed by atoms with Gasteiger partial charge in [-0.3, -0.25) is 0 Å². The molecule has 1 saturated carbocycles. The summed E-state index contributed by atoms with van der Waals surface area (Å²) in [7, 11) is 0. The quantitative estimate of drug-likeness (QED) is 0.293. The summed E-state index contributed by atoms with van der Waals surface area (Å²) in [5, 5.41) is 0. The molecule has 3 aromatic carbocycles. The summed E-state index contributed by atoms with van der Waals surface area (Å²) >= 11 is 0. The molecule has 0 bridgehead atoms. The Kier molecular flexibility index (Phi) is 10.2.